The predicted octanol–water partition coefficient (Wildman–Crippen LogP) is 3.31. The maximum atomic E-state index is 13.3. The first-order chi connectivity index (χ1) is 12.5. The van der Waals surface area contributed by atoms with E-state index >= 15 is 0 Å². The molecule has 0 saturated carbocycles. The Morgan fingerprint density at radius 3 is 2.77 bits per heavy atom. The van der Waals surface area contributed by atoms with Crippen molar-refractivity contribution in [3.63, 3.8) is 0 Å². The number of carbonyl (C=O) groups excluding carboxylic acids is 1. The summed E-state index contributed by atoms with van der Waals surface area (Å²) in [7, 11) is 0. The van der Waals surface area contributed by atoms with E-state index in [1.54, 1.807) is 5.38 Å². The number of hydrogen-bond donors (Lipinski definition) is 1. The van der Waals surface area contributed by atoms with Crippen molar-refractivity contribution < 1.29 is 13.6 Å². The number of anilines is 1. The van der Waals surface area contributed by atoms with Gasteiger partial charge in [-0.2, -0.15) is 5.10 Å². The largest absolute Gasteiger partial charge is 0.296 e. The van der Waals surface area contributed by atoms with Gasteiger partial charge in [0.2, 0.25) is 0 Å². The molecule has 134 valence electrons. The van der Waals surface area contributed by atoms with Crippen LogP contribution in [0.15, 0.2) is 40.5 Å². The SMILES string of the molecule is CCCn1nc(C(=O)Nc2nc(-c3ccc(F)c(F)c3)cs2)ccc1=O. The lowest BCUT2D eigenvalue weighted by molar-refractivity contribution is 0.101. The van der Waals surface area contributed by atoms with Gasteiger partial charge >= 0.3 is 0 Å². The summed E-state index contributed by atoms with van der Waals surface area (Å²) in [6.07, 6.45) is 0.710. The summed E-state index contributed by atoms with van der Waals surface area (Å²) >= 11 is 1.14. The van der Waals surface area contributed by atoms with E-state index in [2.05, 4.69) is 15.4 Å². The second-order valence-electron chi connectivity index (χ2n) is 5.40. The third kappa shape index (κ3) is 3.83. The van der Waals surface area contributed by atoms with E-state index < -0.39 is 17.5 Å². The van der Waals surface area contributed by atoms with Crippen LogP contribution in [0.4, 0.5) is 13.9 Å². The molecule has 0 aliphatic carbocycles. The number of hydrogen-bond acceptors (Lipinski definition) is 5. The fraction of sp³-hybridized carbons (Fsp3) is 0.176. The third-order valence-electron chi connectivity index (χ3n) is 3.47. The first-order valence-corrected chi connectivity index (χ1v) is 8.66. The molecule has 1 N–H and O–H groups in total. The molecule has 3 rings (SSSR count). The number of nitrogens with one attached hydrogen (secondary N) is 1. The van der Waals surface area contributed by atoms with Crippen LogP contribution in [0, 0.1) is 11.6 Å². The molecule has 0 fully saturated rings. The molecule has 2 heterocycles. The highest BCUT2D eigenvalue weighted by atomic mass is 32.1. The molecule has 9 heteroatoms. The average Bonchev–Trinajstić information content (AvgIpc) is 3.08. The lowest BCUT2D eigenvalue weighted by Crippen LogP contribution is -2.26. The molecule has 0 spiro atoms. The third-order valence-corrected chi connectivity index (χ3v) is 4.23. The Hall–Kier alpha value is -2.94. The van der Waals surface area contributed by atoms with Crippen LogP contribution >= 0.6 is 11.3 Å². The van der Waals surface area contributed by atoms with Crippen LogP contribution in [0.1, 0.15) is 23.8 Å². The van der Waals surface area contributed by atoms with Crippen molar-refractivity contribution in [1.29, 1.82) is 0 Å². The molecule has 0 aliphatic heterocycles. The van der Waals surface area contributed by atoms with Gasteiger partial charge in [-0.3, -0.25) is 14.9 Å². The Balaban J connectivity index is 1.78. The van der Waals surface area contributed by atoms with Gasteiger partial charge in [0.25, 0.3) is 11.5 Å². The Kier molecular flexibility index (Phi) is 5.17. The zero-order chi connectivity index (χ0) is 18.7. The van der Waals surface area contributed by atoms with Gasteiger partial charge in [0.05, 0.1) is 5.69 Å². The van der Waals surface area contributed by atoms with E-state index in [9.17, 15) is 18.4 Å². The Bertz CT molecular complexity index is 1020. The summed E-state index contributed by atoms with van der Waals surface area (Å²) in [6, 6.07) is 6.09. The summed E-state index contributed by atoms with van der Waals surface area (Å²) in [4.78, 5) is 28.1. The number of benzene rings is 1. The number of aryl methyl sites for hydroxylation is 1. The van der Waals surface area contributed by atoms with Crippen LogP contribution in [0.5, 0.6) is 0 Å². The molecule has 1 aromatic carbocycles. The second-order valence-corrected chi connectivity index (χ2v) is 6.26. The topological polar surface area (TPSA) is 76.9 Å². The van der Waals surface area contributed by atoms with Gasteiger partial charge in [-0.1, -0.05) is 6.92 Å². The summed E-state index contributed by atoms with van der Waals surface area (Å²) in [5.74, 6) is -2.42. The quantitative estimate of drug-likeness (QED) is 0.741. The number of halogens is 2. The molecule has 0 bridgehead atoms. The summed E-state index contributed by atoms with van der Waals surface area (Å²) in [5.41, 5.74) is 0.615. The minimum absolute atomic E-state index is 0.0858. The number of thiazole rings is 1. The van der Waals surface area contributed by atoms with E-state index in [1.807, 2.05) is 6.92 Å². The van der Waals surface area contributed by atoms with Gasteiger partial charge in [0.1, 0.15) is 5.69 Å². The fourth-order valence-electron chi connectivity index (χ4n) is 2.22. The number of carbonyl (C=O) groups is 1. The normalized spacial score (nSPS) is 10.7. The Morgan fingerprint density at radius 2 is 2.04 bits per heavy atom. The van der Waals surface area contributed by atoms with Crippen molar-refractivity contribution in [2.45, 2.75) is 19.9 Å². The zero-order valence-corrected chi connectivity index (χ0v) is 14.5. The van der Waals surface area contributed by atoms with Crippen LogP contribution < -0.4 is 10.9 Å². The average molecular weight is 376 g/mol. The number of rotatable bonds is 5. The molecule has 3 aromatic rings. The molecular formula is C17H14F2N4O2S. The number of nitrogens with zero attached hydrogens (tertiary/aromatic N) is 3. The molecule has 0 unspecified atom stereocenters. The lowest BCUT2D eigenvalue weighted by Gasteiger charge is -2.05. The van der Waals surface area contributed by atoms with Crippen LogP contribution in [-0.2, 0) is 6.54 Å². The smallest absolute Gasteiger partial charge is 0.277 e. The first-order valence-electron chi connectivity index (χ1n) is 7.78. The van der Waals surface area contributed by atoms with E-state index in [4.69, 9.17) is 0 Å². The van der Waals surface area contributed by atoms with E-state index in [0.717, 1.165) is 23.5 Å². The maximum Gasteiger partial charge on any atom is 0.277 e. The van der Waals surface area contributed by atoms with E-state index in [-0.39, 0.29) is 16.4 Å². The summed E-state index contributed by atoms with van der Waals surface area (Å²) in [5, 5.41) is 8.51. The predicted molar refractivity (Wildman–Crippen MR) is 94.2 cm³/mol. The van der Waals surface area contributed by atoms with Crippen molar-refractivity contribution >= 4 is 22.4 Å². The molecule has 0 atom stereocenters. The minimum atomic E-state index is -0.969. The van der Waals surface area contributed by atoms with Crippen LogP contribution in [0.25, 0.3) is 11.3 Å². The monoisotopic (exact) mass is 376 g/mol. The summed E-state index contributed by atoms with van der Waals surface area (Å²) in [6.45, 7) is 2.31. The van der Waals surface area contributed by atoms with Crippen LogP contribution in [-0.4, -0.2) is 20.7 Å². The first kappa shape index (κ1) is 17.9. The highest BCUT2D eigenvalue weighted by Crippen LogP contribution is 2.26. The highest BCUT2D eigenvalue weighted by molar-refractivity contribution is 7.14. The molecule has 6 nitrogen and oxygen atoms in total. The van der Waals surface area contributed by atoms with Gasteiger partial charge in [-0.25, -0.2) is 18.4 Å². The molecule has 0 aliphatic rings. The molecule has 0 saturated heterocycles. The van der Waals surface area contributed by atoms with E-state index in [1.165, 1.54) is 22.9 Å². The van der Waals surface area contributed by atoms with Gasteiger partial charge < -0.3 is 0 Å². The van der Waals surface area contributed by atoms with Crippen LogP contribution in [0.3, 0.4) is 0 Å². The maximum absolute atomic E-state index is 13.3. The molecule has 0 radical (unpaired) electrons. The summed E-state index contributed by atoms with van der Waals surface area (Å²) < 4.78 is 27.6. The van der Waals surface area contributed by atoms with Crippen molar-refractivity contribution in [1.82, 2.24) is 14.8 Å². The number of amides is 1. The van der Waals surface area contributed by atoms with Gasteiger partial charge in [-0.15, -0.1) is 11.3 Å². The Labute approximate surface area is 151 Å². The number of aromatic nitrogens is 3. The molecule has 2 aromatic heterocycles. The molecule has 26 heavy (non-hydrogen) atoms. The van der Waals surface area contributed by atoms with Gasteiger partial charge in [0.15, 0.2) is 16.8 Å². The molecular weight excluding hydrogens is 362 g/mol. The van der Waals surface area contributed by atoms with Crippen molar-refractivity contribution in [3.05, 3.63) is 63.4 Å². The van der Waals surface area contributed by atoms with E-state index in [0.29, 0.717) is 24.2 Å². The standard InChI is InChI=1S/C17H14F2N4O2S/c1-2-7-23-15(24)6-5-13(22-23)16(25)21-17-20-14(9-26-17)10-3-4-11(18)12(19)8-10/h3-6,8-9H,2,7H2,1H3,(H,20,21,25). The fourth-order valence-corrected chi connectivity index (χ4v) is 2.94. The van der Waals surface area contributed by atoms with Crippen molar-refractivity contribution in [3.8, 4) is 11.3 Å². The Morgan fingerprint density at radius 1 is 1.23 bits per heavy atom. The van der Waals surface area contributed by atoms with Crippen LogP contribution in [0.2, 0.25) is 0 Å². The van der Waals surface area contributed by atoms with Gasteiger partial charge in [-0.05, 0) is 30.7 Å². The minimum Gasteiger partial charge on any atom is -0.296 e. The second kappa shape index (κ2) is 7.52. The molecule has 1 amide bonds. The zero-order valence-electron chi connectivity index (χ0n) is 13.7. The highest BCUT2D eigenvalue weighted by Gasteiger charge is 2.13. The lowest BCUT2D eigenvalue weighted by atomic mass is 10.2. The van der Waals surface area contributed by atoms with Gasteiger partial charge in [0, 0.05) is 23.6 Å². The van der Waals surface area contributed by atoms with Crippen molar-refractivity contribution in [2.24, 2.45) is 0 Å². The van der Waals surface area contributed by atoms with Crippen molar-refractivity contribution in [2.75, 3.05) is 5.32 Å².